The van der Waals surface area contributed by atoms with E-state index in [1.165, 1.54) is 0 Å². The van der Waals surface area contributed by atoms with E-state index in [4.69, 9.17) is 10.00 Å². The van der Waals surface area contributed by atoms with E-state index in [1.807, 2.05) is 43.7 Å². The predicted octanol–water partition coefficient (Wildman–Crippen LogP) is 2.83. The summed E-state index contributed by atoms with van der Waals surface area (Å²) in [6.07, 6.45) is 3.12. The average Bonchev–Trinajstić information content (AvgIpc) is 2.92. The van der Waals surface area contributed by atoms with Crippen LogP contribution in [0.5, 0.6) is 0 Å². The van der Waals surface area contributed by atoms with Crippen molar-refractivity contribution in [3.05, 3.63) is 53.6 Å². The number of carbonyl (C=O) groups is 1. The molecule has 0 atom stereocenters. The highest BCUT2D eigenvalue weighted by molar-refractivity contribution is 5.67. The Bertz CT molecular complexity index is 705. The van der Waals surface area contributed by atoms with Gasteiger partial charge in [-0.2, -0.15) is 5.26 Å². The number of nitrogens with one attached hydrogen (secondary N) is 1. The zero-order valence-corrected chi connectivity index (χ0v) is 13.5. The maximum Gasteiger partial charge on any atom is 0.407 e. The minimum Gasteiger partial charge on any atom is -0.444 e. The number of ether oxygens (including phenoxy) is 1. The van der Waals surface area contributed by atoms with E-state index in [2.05, 4.69) is 16.4 Å². The molecule has 0 unspecified atom stereocenters. The summed E-state index contributed by atoms with van der Waals surface area (Å²) in [7, 11) is 0. The van der Waals surface area contributed by atoms with Gasteiger partial charge < -0.3 is 14.6 Å². The minimum absolute atomic E-state index is 0.315. The molecule has 0 saturated carbocycles. The molecule has 2 aromatic rings. The molecular formula is C17H20N4O2. The first-order valence-electron chi connectivity index (χ1n) is 7.32. The van der Waals surface area contributed by atoms with Gasteiger partial charge >= 0.3 is 6.09 Å². The second-order valence-corrected chi connectivity index (χ2v) is 6.20. The summed E-state index contributed by atoms with van der Waals surface area (Å²) in [6.45, 7) is 6.43. The predicted molar refractivity (Wildman–Crippen MR) is 85.6 cm³/mol. The summed E-state index contributed by atoms with van der Waals surface area (Å²) in [6, 6.07) is 9.50. The average molecular weight is 312 g/mol. The lowest BCUT2D eigenvalue weighted by Crippen LogP contribution is -2.32. The fourth-order valence-electron chi connectivity index (χ4n) is 1.96. The quantitative estimate of drug-likeness (QED) is 0.941. The summed E-state index contributed by atoms with van der Waals surface area (Å²) in [5.41, 5.74) is 1.96. The first kappa shape index (κ1) is 16.6. The third kappa shape index (κ3) is 5.47. The van der Waals surface area contributed by atoms with Gasteiger partial charge in [-0.15, -0.1) is 0 Å². The topological polar surface area (TPSA) is 79.9 Å². The lowest BCUT2D eigenvalue weighted by molar-refractivity contribution is 0.0523. The van der Waals surface area contributed by atoms with Crippen LogP contribution in [0.15, 0.2) is 36.8 Å². The normalized spacial score (nSPS) is 10.9. The Hall–Kier alpha value is -2.81. The number of alkyl carbamates (subject to hydrolysis) is 1. The Balaban J connectivity index is 1.88. The molecule has 6 heteroatoms. The molecule has 23 heavy (non-hydrogen) atoms. The smallest absolute Gasteiger partial charge is 0.407 e. The van der Waals surface area contributed by atoms with Crippen LogP contribution < -0.4 is 5.32 Å². The minimum atomic E-state index is -0.515. The van der Waals surface area contributed by atoms with Crippen LogP contribution in [-0.2, 0) is 17.8 Å². The van der Waals surface area contributed by atoms with Crippen molar-refractivity contribution in [2.45, 2.75) is 39.5 Å². The monoisotopic (exact) mass is 312 g/mol. The Morgan fingerprint density at radius 3 is 2.65 bits per heavy atom. The van der Waals surface area contributed by atoms with Crippen molar-refractivity contribution in [2.24, 2.45) is 0 Å². The van der Waals surface area contributed by atoms with Crippen molar-refractivity contribution < 1.29 is 9.53 Å². The van der Waals surface area contributed by atoms with Crippen molar-refractivity contribution in [1.29, 1.82) is 5.26 Å². The maximum atomic E-state index is 11.6. The molecule has 1 N–H and O–H groups in total. The van der Waals surface area contributed by atoms with Crippen LogP contribution in [-0.4, -0.2) is 21.2 Å². The molecule has 2 rings (SSSR count). The van der Waals surface area contributed by atoms with Crippen molar-refractivity contribution in [1.82, 2.24) is 14.9 Å². The number of aromatic nitrogens is 2. The first-order chi connectivity index (χ1) is 10.9. The van der Waals surface area contributed by atoms with Crippen LogP contribution in [0.25, 0.3) is 0 Å². The zero-order valence-electron chi connectivity index (χ0n) is 13.5. The standard InChI is InChI=1S/C17H20N4O2/c1-17(2,3)23-16(22)19-9-15-11-21(12-20-15)10-14-6-4-13(8-18)5-7-14/h4-7,11-12H,9-10H2,1-3H3,(H,19,22). The second-order valence-electron chi connectivity index (χ2n) is 6.20. The molecule has 6 nitrogen and oxygen atoms in total. The summed E-state index contributed by atoms with van der Waals surface area (Å²) < 4.78 is 7.10. The highest BCUT2D eigenvalue weighted by Crippen LogP contribution is 2.08. The van der Waals surface area contributed by atoms with Gasteiger partial charge in [-0.25, -0.2) is 9.78 Å². The van der Waals surface area contributed by atoms with Crippen molar-refractivity contribution >= 4 is 6.09 Å². The van der Waals surface area contributed by atoms with E-state index < -0.39 is 11.7 Å². The molecule has 0 saturated heterocycles. The molecule has 1 heterocycles. The number of amides is 1. The highest BCUT2D eigenvalue weighted by atomic mass is 16.6. The van der Waals surface area contributed by atoms with Gasteiger partial charge in [0.25, 0.3) is 0 Å². The molecule has 1 aromatic carbocycles. The Morgan fingerprint density at radius 1 is 1.35 bits per heavy atom. The molecule has 0 radical (unpaired) electrons. The van der Waals surface area contributed by atoms with Gasteiger partial charge in [0, 0.05) is 12.7 Å². The molecule has 1 aromatic heterocycles. The Morgan fingerprint density at radius 2 is 2.04 bits per heavy atom. The molecule has 0 bridgehead atoms. The van der Waals surface area contributed by atoms with Gasteiger partial charge in [0.1, 0.15) is 5.60 Å². The van der Waals surface area contributed by atoms with E-state index in [-0.39, 0.29) is 0 Å². The molecule has 0 aliphatic carbocycles. The third-order valence-electron chi connectivity index (χ3n) is 2.95. The number of hydrogen-bond donors (Lipinski definition) is 1. The first-order valence-corrected chi connectivity index (χ1v) is 7.32. The fourth-order valence-corrected chi connectivity index (χ4v) is 1.96. The van der Waals surface area contributed by atoms with Gasteiger partial charge in [0.05, 0.1) is 30.2 Å². The van der Waals surface area contributed by atoms with Crippen LogP contribution in [0.3, 0.4) is 0 Å². The molecule has 0 aliphatic rings. The summed E-state index contributed by atoms with van der Waals surface area (Å²) >= 11 is 0. The number of carbonyl (C=O) groups excluding carboxylic acids is 1. The Labute approximate surface area is 135 Å². The van der Waals surface area contributed by atoms with Gasteiger partial charge in [0.2, 0.25) is 0 Å². The molecule has 0 fully saturated rings. The van der Waals surface area contributed by atoms with Crippen molar-refractivity contribution in [3.63, 3.8) is 0 Å². The zero-order chi connectivity index (χ0) is 16.9. The maximum absolute atomic E-state index is 11.6. The SMILES string of the molecule is CC(C)(C)OC(=O)NCc1cn(Cc2ccc(C#N)cc2)cn1. The number of nitriles is 1. The molecule has 0 spiro atoms. The largest absolute Gasteiger partial charge is 0.444 e. The fraction of sp³-hybridized carbons (Fsp3) is 0.353. The van der Waals surface area contributed by atoms with Crippen molar-refractivity contribution in [2.75, 3.05) is 0 Å². The third-order valence-corrected chi connectivity index (χ3v) is 2.95. The van der Waals surface area contributed by atoms with Gasteiger partial charge in [0.15, 0.2) is 0 Å². The van der Waals surface area contributed by atoms with Crippen molar-refractivity contribution in [3.8, 4) is 6.07 Å². The number of imidazole rings is 1. The lowest BCUT2D eigenvalue weighted by atomic mass is 10.1. The van der Waals surface area contributed by atoms with Gasteiger partial charge in [-0.1, -0.05) is 12.1 Å². The highest BCUT2D eigenvalue weighted by Gasteiger charge is 2.15. The number of benzene rings is 1. The number of hydrogen-bond acceptors (Lipinski definition) is 4. The van der Waals surface area contributed by atoms with Crippen LogP contribution in [0, 0.1) is 11.3 Å². The lowest BCUT2D eigenvalue weighted by Gasteiger charge is -2.19. The van der Waals surface area contributed by atoms with Crippen LogP contribution >= 0.6 is 0 Å². The van der Waals surface area contributed by atoms with E-state index >= 15 is 0 Å². The summed E-state index contributed by atoms with van der Waals surface area (Å²) in [4.78, 5) is 15.9. The summed E-state index contributed by atoms with van der Waals surface area (Å²) in [5.74, 6) is 0. The van der Waals surface area contributed by atoms with Crippen LogP contribution in [0.2, 0.25) is 0 Å². The number of nitrogens with zero attached hydrogens (tertiary/aromatic N) is 3. The Kier molecular flexibility index (Phi) is 5.02. The van der Waals surface area contributed by atoms with E-state index in [0.717, 1.165) is 11.3 Å². The molecule has 120 valence electrons. The van der Waals surface area contributed by atoms with Gasteiger partial charge in [-0.05, 0) is 38.5 Å². The second kappa shape index (κ2) is 6.97. The molecule has 1 amide bonds. The van der Waals surface area contributed by atoms with Gasteiger partial charge in [-0.3, -0.25) is 0 Å². The molecule has 0 aliphatic heterocycles. The van der Waals surface area contributed by atoms with Crippen LogP contribution in [0.1, 0.15) is 37.6 Å². The number of rotatable bonds is 4. The van der Waals surface area contributed by atoms with E-state index in [1.54, 1.807) is 18.5 Å². The van der Waals surface area contributed by atoms with E-state index in [9.17, 15) is 4.79 Å². The summed E-state index contributed by atoms with van der Waals surface area (Å²) in [5, 5.41) is 11.5. The molecular weight excluding hydrogens is 292 g/mol. The van der Waals surface area contributed by atoms with Crippen LogP contribution in [0.4, 0.5) is 4.79 Å². The van der Waals surface area contributed by atoms with E-state index in [0.29, 0.717) is 18.7 Å².